The third kappa shape index (κ3) is 3.10. The number of aromatic nitrogens is 2. The number of thioether (sulfide) groups is 1. The van der Waals surface area contributed by atoms with E-state index in [1.807, 2.05) is 36.2 Å². The first-order chi connectivity index (χ1) is 14.6. The lowest BCUT2D eigenvalue weighted by molar-refractivity contribution is 0.320. The molecule has 154 valence electrons. The van der Waals surface area contributed by atoms with Crippen LogP contribution in [0.4, 0.5) is 0 Å². The number of amidine groups is 1. The third-order valence-corrected chi connectivity index (χ3v) is 7.08. The number of aliphatic imine (C=N–C) groups is 1. The van der Waals surface area contributed by atoms with Gasteiger partial charge in [-0.1, -0.05) is 30.8 Å². The highest BCUT2D eigenvalue weighted by molar-refractivity contribution is 8.14. The Balaban J connectivity index is 1.61. The van der Waals surface area contributed by atoms with E-state index < -0.39 is 0 Å². The first kappa shape index (κ1) is 19.2. The van der Waals surface area contributed by atoms with Gasteiger partial charge >= 0.3 is 0 Å². The van der Waals surface area contributed by atoms with Gasteiger partial charge in [-0.25, -0.2) is 0 Å². The van der Waals surface area contributed by atoms with Crippen molar-refractivity contribution in [1.29, 1.82) is 0 Å². The minimum atomic E-state index is 0.0143. The van der Waals surface area contributed by atoms with Crippen LogP contribution >= 0.6 is 11.8 Å². The number of rotatable bonds is 4. The monoisotopic (exact) mass is 418 g/mol. The minimum Gasteiger partial charge on any atom is -0.497 e. The van der Waals surface area contributed by atoms with Crippen molar-refractivity contribution in [3.05, 3.63) is 77.4 Å². The standard InChI is InChI=1S/C24H26N4OS/c1-15-12-20(17(3)28(15)18-8-7-9-19(13-18)29-4)23-22(21-10-5-6-11-25-21)26-24-27(23)14-16(2)30-24/h5-13,16,22-23H,14H2,1-4H3/t16-,22+,23+/m0/s1. The molecule has 5 nitrogen and oxygen atoms in total. The van der Waals surface area contributed by atoms with Crippen molar-refractivity contribution in [3.63, 3.8) is 0 Å². The van der Waals surface area contributed by atoms with Crippen molar-refractivity contribution < 1.29 is 4.74 Å². The van der Waals surface area contributed by atoms with Gasteiger partial charge in [0, 0.05) is 41.1 Å². The average molecular weight is 419 g/mol. The molecular formula is C24H26N4OS. The van der Waals surface area contributed by atoms with Crippen LogP contribution in [0.3, 0.4) is 0 Å². The number of fused-ring (bicyclic) bond motifs is 1. The maximum absolute atomic E-state index is 5.46. The van der Waals surface area contributed by atoms with Gasteiger partial charge < -0.3 is 14.2 Å². The van der Waals surface area contributed by atoms with Gasteiger partial charge in [0.1, 0.15) is 11.8 Å². The fourth-order valence-electron chi connectivity index (χ4n) is 4.69. The molecule has 2 aromatic heterocycles. The zero-order chi connectivity index (χ0) is 20.8. The van der Waals surface area contributed by atoms with Crippen LogP contribution < -0.4 is 4.74 Å². The Morgan fingerprint density at radius 3 is 2.73 bits per heavy atom. The van der Waals surface area contributed by atoms with Crippen molar-refractivity contribution in [2.24, 2.45) is 4.99 Å². The van der Waals surface area contributed by atoms with Crippen molar-refractivity contribution in [1.82, 2.24) is 14.5 Å². The van der Waals surface area contributed by atoms with Crippen molar-refractivity contribution in [2.45, 2.75) is 38.1 Å². The highest BCUT2D eigenvalue weighted by Crippen LogP contribution is 2.48. The summed E-state index contributed by atoms with van der Waals surface area (Å²) in [7, 11) is 1.71. The quantitative estimate of drug-likeness (QED) is 0.592. The molecule has 0 unspecified atom stereocenters. The second-order valence-corrected chi connectivity index (χ2v) is 9.41. The van der Waals surface area contributed by atoms with Gasteiger partial charge in [0.05, 0.1) is 18.8 Å². The van der Waals surface area contributed by atoms with Gasteiger partial charge in [-0.15, -0.1) is 0 Å². The molecule has 0 N–H and O–H groups in total. The Morgan fingerprint density at radius 2 is 1.97 bits per heavy atom. The molecular weight excluding hydrogens is 392 g/mol. The van der Waals surface area contributed by atoms with Crippen LogP contribution in [0.15, 0.2) is 59.7 Å². The molecule has 4 heterocycles. The Kier molecular flexibility index (Phi) is 4.82. The second-order valence-electron chi connectivity index (χ2n) is 8.00. The molecule has 3 aromatic rings. The number of hydrogen-bond acceptors (Lipinski definition) is 5. The minimum absolute atomic E-state index is 0.0143. The summed E-state index contributed by atoms with van der Waals surface area (Å²) in [6, 6.07) is 16.9. The second kappa shape index (κ2) is 7.51. The zero-order valence-electron chi connectivity index (χ0n) is 17.7. The van der Waals surface area contributed by atoms with Crippen LogP contribution in [0.25, 0.3) is 5.69 Å². The van der Waals surface area contributed by atoms with E-state index in [1.165, 1.54) is 17.0 Å². The van der Waals surface area contributed by atoms with Gasteiger partial charge in [-0.2, -0.15) is 0 Å². The first-order valence-electron chi connectivity index (χ1n) is 10.3. The maximum atomic E-state index is 5.46. The molecule has 5 rings (SSSR count). The van der Waals surface area contributed by atoms with E-state index in [4.69, 9.17) is 9.73 Å². The smallest absolute Gasteiger partial charge is 0.160 e. The molecule has 0 spiro atoms. The maximum Gasteiger partial charge on any atom is 0.160 e. The Bertz CT molecular complexity index is 1110. The third-order valence-electron chi connectivity index (χ3n) is 5.98. The lowest BCUT2D eigenvalue weighted by Crippen LogP contribution is -2.28. The average Bonchev–Trinajstić information content (AvgIpc) is 3.38. The molecule has 6 heteroatoms. The molecule has 3 atom stereocenters. The highest BCUT2D eigenvalue weighted by atomic mass is 32.2. The molecule has 1 aromatic carbocycles. The van der Waals surface area contributed by atoms with Crippen LogP contribution in [0, 0.1) is 13.8 Å². The van der Waals surface area contributed by atoms with E-state index in [-0.39, 0.29) is 12.1 Å². The van der Waals surface area contributed by atoms with Gasteiger partial charge in [0.2, 0.25) is 0 Å². The van der Waals surface area contributed by atoms with Crippen LogP contribution in [0.5, 0.6) is 5.75 Å². The van der Waals surface area contributed by atoms with Crippen molar-refractivity contribution >= 4 is 16.9 Å². The van der Waals surface area contributed by atoms with Crippen molar-refractivity contribution in [2.75, 3.05) is 13.7 Å². The van der Waals surface area contributed by atoms with Gasteiger partial charge in [-0.3, -0.25) is 9.98 Å². The predicted octanol–water partition coefficient (Wildman–Crippen LogP) is 5.09. The fraction of sp³-hybridized carbons (Fsp3) is 0.333. The molecule has 0 radical (unpaired) electrons. The molecule has 1 fully saturated rings. The SMILES string of the molecule is COc1cccc(-n2c(C)cc([C@@H]3[C@@H](c4ccccn4)N=C4S[C@@H](C)CN43)c2C)c1. The molecule has 1 saturated heterocycles. The summed E-state index contributed by atoms with van der Waals surface area (Å²) in [5, 5.41) is 1.70. The lowest BCUT2D eigenvalue weighted by Gasteiger charge is -2.27. The number of ether oxygens (including phenoxy) is 1. The highest BCUT2D eigenvalue weighted by Gasteiger charge is 2.44. The molecule has 30 heavy (non-hydrogen) atoms. The van der Waals surface area contributed by atoms with Crippen LogP contribution in [0.1, 0.15) is 41.7 Å². The van der Waals surface area contributed by atoms with E-state index in [2.05, 4.69) is 65.6 Å². The van der Waals surface area contributed by atoms with Crippen LogP contribution in [-0.4, -0.2) is 38.5 Å². The number of hydrogen-bond donors (Lipinski definition) is 0. The summed E-state index contributed by atoms with van der Waals surface area (Å²) in [5.41, 5.74) is 5.92. The van der Waals surface area contributed by atoms with E-state index in [1.54, 1.807) is 7.11 Å². The lowest BCUT2D eigenvalue weighted by atomic mass is 9.96. The summed E-state index contributed by atoms with van der Waals surface area (Å²) in [5.74, 6) is 0.865. The number of benzene rings is 1. The largest absolute Gasteiger partial charge is 0.497 e. The Labute approximate surface area is 181 Å². The number of methoxy groups -OCH3 is 1. The van der Waals surface area contributed by atoms with Gasteiger partial charge in [0.25, 0.3) is 0 Å². The summed E-state index contributed by atoms with van der Waals surface area (Å²) in [6.45, 7) is 7.67. The number of aryl methyl sites for hydroxylation is 1. The Hall–Kier alpha value is -2.73. The topological polar surface area (TPSA) is 42.6 Å². The number of nitrogens with zero attached hydrogens (tertiary/aromatic N) is 4. The zero-order valence-corrected chi connectivity index (χ0v) is 18.6. The normalized spacial score (nSPS) is 22.9. The number of pyridine rings is 1. The predicted molar refractivity (Wildman–Crippen MR) is 123 cm³/mol. The van der Waals surface area contributed by atoms with Crippen LogP contribution in [-0.2, 0) is 0 Å². The van der Waals surface area contributed by atoms with E-state index in [9.17, 15) is 0 Å². The summed E-state index contributed by atoms with van der Waals surface area (Å²) < 4.78 is 7.77. The molecule has 0 saturated carbocycles. The van der Waals surface area contributed by atoms with Gasteiger partial charge in [-0.05, 0) is 49.7 Å². The molecule has 0 bridgehead atoms. The molecule has 0 aliphatic carbocycles. The van der Waals surface area contributed by atoms with Crippen molar-refractivity contribution in [3.8, 4) is 11.4 Å². The molecule has 2 aliphatic heterocycles. The van der Waals surface area contributed by atoms with Gasteiger partial charge in [0.15, 0.2) is 5.17 Å². The van der Waals surface area contributed by atoms with E-state index >= 15 is 0 Å². The molecule has 2 aliphatic rings. The summed E-state index contributed by atoms with van der Waals surface area (Å²) >= 11 is 1.88. The van der Waals surface area contributed by atoms with E-state index in [0.29, 0.717) is 5.25 Å². The van der Waals surface area contributed by atoms with Crippen LogP contribution in [0.2, 0.25) is 0 Å². The fourth-order valence-corrected chi connectivity index (χ4v) is 5.78. The Morgan fingerprint density at radius 1 is 1.10 bits per heavy atom. The first-order valence-corrected chi connectivity index (χ1v) is 11.2. The molecule has 0 amide bonds. The summed E-state index contributed by atoms with van der Waals surface area (Å²) in [4.78, 5) is 12.3. The summed E-state index contributed by atoms with van der Waals surface area (Å²) in [6.07, 6.45) is 1.87. The van der Waals surface area contributed by atoms with E-state index in [0.717, 1.165) is 28.8 Å².